The Morgan fingerprint density at radius 3 is 2.65 bits per heavy atom. The van der Waals surface area contributed by atoms with E-state index in [0.29, 0.717) is 13.2 Å². The van der Waals surface area contributed by atoms with E-state index < -0.39 is 0 Å². The Morgan fingerprint density at radius 1 is 1.41 bits per heavy atom. The molecule has 3 heteroatoms. The van der Waals surface area contributed by atoms with E-state index in [-0.39, 0.29) is 11.8 Å². The third-order valence-corrected chi connectivity index (χ3v) is 3.00. The van der Waals surface area contributed by atoms with Crippen molar-refractivity contribution in [2.45, 2.75) is 19.9 Å². The van der Waals surface area contributed by atoms with E-state index in [9.17, 15) is 4.79 Å². The molecule has 1 aromatic rings. The molecule has 0 aromatic heterocycles. The van der Waals surface area contributed by atoms with Gasteiger partial charge in [-0.15, -0.1) is 0 Å². The fourth-order valence-electron chi connectivity index (χ4n) is 1.72. The number of methoxy groups -OCH3 is 1. The SMILES string of the molecule is COCC(C)N(C)CC(=O)c1ccccc1C. The highest BCUT2D eigenvalue weighted by Gasteiger charge is 2.15. The molecule has 0 aliphatic rings. The van der Waals surface area contributed by atoms with Crippen LogP contribution in [0.5, 0.6) is 0 Å². The third kappa shape index (κ3) is 3.95. The molecule has 0 aliphatic heterocycles. The summed E-state index contributed by atoms with van der Waals surface area (Å²) in [5.41, 5.74) is 1.84. The van der Waals surface area contributed by atoms with E-state index in [0.717, 1.165) is 11.1 Å². The van der Waals surface area contributed by atoms with E-state index in [1.165, 1.54) is 0 Å². The van der Waals surface area contributed by atoms with Gasteiger partial charge >= 0.3 is 0 Å². The lowest BCUT2D eigenvalue weighted by atomic mass is 10.0. The summed E-state index contributed by atoms with van der Waals surface area (Å²) in [7, 11) is 3.62. The zero-order valence-corrected chi connectivity index (χ0v) is 11.1. The standard InChI is InChI=1S/C14H21NO2/c1-11-7-5-6-8-13(11)14(16)9-15(3)12(2)10-17-4/h5-8,12H,9-10H2,1-4H3. The second kappa shape index (κ2) is 6.52. The van der Waals surface area contributed by atoms with Crippen molar-refractivity contribution in [2.75, 3.05) is 27.3 Å². The molecule has 0 saturated carbocycles. The number of aryl methyl sites for hydroxylation is 1. The third-order valence-electron chi connectivity index (χ3n) is 3.00. The molecule has 0 radical (unpaired) electrons. The highest BCUT2D eigenvalue weighted by molar-refractivity contribution is 5.98. The van der Waals surface area contributed by atoms with Crippen molar-refractivity contribution in [3.05, 3.63) is 35.4 Å². The van der Waals surface area contributed by atoms with Gasteiger partial charge in [-0.2, -0.15) is 0 Å². The summed E-state index contributed by atoms with van der Waals surface area (Å²) in [5.74, 6) is 0.161. The maximum Gasteiger partial charge on any atom is 0.177 e. The first-order chi connectivity index (χ1) is 8.06. The van der Waals surface area contributed by atoms with Crippen molar-refractivity contribution < 1.29 is 9.53 Å². The molecule has 3 nitrogen and oxygen atoms in total. The minimum atomic E-state index is 0.161. The number of likely N-dealkylation sites (N-methyl/N-ethyl adjacent to an activating group) is 1. The zero-order valence-electron chi connectivity index (χ0n) is 11.1. The van der Waals surface area contributed by atoms with Gasteiger partial charge in [-0.25, -0.2) is 0 Å². The van der Waals surface area contributed by atoms with Crippen LogP contribution in [-0.2, 0) is 4.74 Å². The molecular weight excluding hydrogens is 214 g/mol. The van der Waals surface area contributed by atoms with E-state index >= 15 is 0 Å². The van der Waals surface area contributed by atoms with Gasteiger partial charge in [0.1, 0.15) is 0 Å². The number of hydrogen-bond donors (Lipinski definition) is 0. The van der Waals surface area contributed by atoms with Crippen LogP contribution >= 0.6 is 0 Å². The summed E-state index contributed by atoms with van der Waals surface area (Å²) < 4.78 is 5.08. The van der Waals surface area contributed by atoms with Crippen molar-refractivity contribution in [1.82, 2.24) is 4.90 Å². The minimum Gasteiger partial charge on any atom is -0.383 e. The quantitative estimate of drug-likeness (QED) is 0.708. The van der Waals surface area contributed by atoms with Crippen molar-refractivity contribution >= 4 is 5.78 Å². The van der Waals surface area contributed by atoms with Gasteiger partial charge in [-0.1, -0.05) is 24.3 Å². The van der Waals surface area contributed by atoms with Crippen LogP contribution < -0.4 is 0 Å². The molecule has 0 heterocycles. The summed E-state index contributed by atoms with van der Waals surface area (Å²) in [6, 6.07) is 7.94. The predicted molar refractivity (Wildman–Crippen MR) is 69.5 cm³/mol. The number of carbonyl (C=O) groups is 1. The highest BCUT2D eigenvalue weighted by atomic mass is 16.5. The van der Waals surface area contributed by atoms with Crippen LogP contribution in [0.4, 0.5) is 0 Å². The van der Waals surface area contributed by atoms with Crippen LogP contribution in [-0.4, -0.2) is 44.0 Å². The van der Waals surface area contributed by atoms with Crippen LogP contribution in [0.3, 0.4) is 0 Å². The molecule has 1 unspecified atom stereocenters. The van der Waals surface area contributed by atoms with Crippen LogP contribution in [0, 0.1) is 6.92 Å². The van der Waals surface area contributed by atoms with E-state index in [1.807, 2.05) is 43.1 Å². The lowest BCUT2D eigenvalue weighted by molar-refractivity contribution is 0.0841. The number of ether oxygens (including phenoxy) is 1. The molecule has 0 aliphatic carbocycles. The molecule has 1 atom stereocenters. The molecule has 1 aromatic carbocycles. The van der Waals surface area contributed by atoms with E-state index in [1.54, 1.807) is 7.11 Å². The Hall–Kier alpha value is -1.19. The topological polar surface area (TPSA) is 29.5 Å². The molecule has 17 heavy (non-hydrogen) atoms. The second-order valence-electron chi connectivity index (χ2n) is 4.46. The molecule has 0 N–H and O–H groups in total. The van der Waals surface area contributed by atoms with E-state index in [2.05, 4.69) is 6.92 Å². The number of rotatable bonds is 6. The lowest BCUT2D eigenvalue weighted by Crippen LogP contribution is -2.36. The second-order valence-corrected chi connectivity index (χ2v) is 4.46. The number of nitrogens with zero attached hydrogens (tertiary/aromatic N) is 1. The van der Waals surface area contributed by atoms with Crippen molar-refractivity contribution in [2.24, 2.45) is 0 Å². The summed E-state index contributed by atoms with van der Waals surface area (Å²) >= 11 is 0. The molecule has 0 spiro atoms. The van der Waals surface area contributed by atoms with Gasteiger partial charge in [0.15, 0.2) is 5.78 Å². The number of carbonyl (C=O) groups excluding carboxylic acids is 1. The molecule has 0 bridgehead atoms. The van der Waals surface area contributed by atoms with Gasteiger partial charge in [0.25, 0.3) is 0 Å². The predicted octanol–water partition coefficient (Wildman–Crippen LogP) is 2.14. The normalized spacial score (nSPS) is 12.8. The van der Waals surface area contributed by atoms with Gasteiger partial charge in [0, 0.05) is 18.7 Å². The first kappa shape index (κ1) is 13.9. The van der Waals surface area contributed by atoms with Crippen LogP contribution in [0.25, 0.3) is 0 Å². The van der Waals surface area contributed by atoms with Crippen molar-refractivity contribution in [3.8, 4) is 0 Å². The van der Waals surface area contributed by atoms with Gasteiger partial charge in [0.2, 0.25) is 0 Å². The molecule has 0 saturated heterocycles. The smallest absolute Gasteiger partial charge is 0.177 e. The first-order valence-corrected chi connectivity index (χ1v) is 5.84. The monoisotopic (exact) mass is 235 g/mol. The fourth-order valence-corrected chi connectivity index (χ4v) is 1.72. The molecule has 0 amide bonds. The van der Waals surface area contributed by atoms with Crippen LogP contribution in [0.2, 0.25) is 0 Å². The van der Waals surface area contributed by atoms with Crippen LogP contribution in [0.1, 0.15) is 22.8 Å². The summed E-state index contributed by atoms with van der Waals surface area (Å²) in [5, 5.41) is 0. The van der Waals surface area contributed by atoms with Gasteiger partial charge in [0.05, 0.1) is 13.2 Å². The van der Waals surface area contributed by atoms with Gasteiger partial charge in [-0.05, 0) is 26.5 Å². The number of Topliss-reactive ketones (excluding diaryl/α,β-unsaturated/α-hetero) is 1. The average Bonchev–Trinajstić information content (AvgIpc) is 2.29. The number of benzene rings is 1. The summed E-state index contributed by atoms with van der Waals surface area (Å²) in [6.45, 7) is 5.08. The lowest BCUT2D eigenvalue weighted by Gasteiger charge is -2.23. The van der Waals surface area contributed by atoms with Gasteiger partial charge in [-0.3, -0.25) is 9.69 Å². The molecule has 1 rings (SSSR count). The molecule has 94 valence electrons. The average molecular weight is 235 g/mol. The highest BCUT2D eigenvalue weighted by Crippen LogP contribution is 2.09. The first-order valence-electron chi connectivity index (χ1n) is 5.84. The Bertz CT molecular complexity index is 376. The Labute approximate surface area is 103 Å². The maximum absolute atomic E-state index is 12.1. The summed E-state index contributed by atoms with van der Waals surface area (Å²) in [6.07, 6.45) is 0. The van der Waals surface area contributed by atoms with E-state index in [4.69, 9.17) is 4.74 Å². The molecular formula is C14H21NO2. The Morgan fingerprint density at radius 2 is 2.06 bits per heavy atom. The van der Waals surface area contributed by atoms with Gasteiger partial charge < -0.3 is 4.74 Å². The Balaban J connectivity index is 2.64. The summed E-state index contributed by atoms with van der Waals surface area (Å²) in [4.78, 5) is 14.1. The maximum atomic E-state index is 12.1. The van der Waals surface area contributed by atoms with Crippen molar-refractivity contribution in [3.63, 3.8) is 0 Å². The largest absolute Gasteiger partial charge is 0.383 e. The number of hydrogen-bond acceptors (Lipinski definition) is 3. The molecule has 0 fully saturated rings. The fraction of sp³-hybridized carbons (Fsp3) is 0.500. The van der Waals surface area contributed by atoms with Crippen LogP contribution in [0.15, 0.2) is 24.3 Å². The van der Waals surface area contributed by atoms with Crippen molar-refractivity contribution in [1.29, 1.82) is 0 Å². The zero-order chi connectivity index (χ0) is 12.8. The Kier molecular flexibility index (Phi) is 5.32. The minimum absolute atomic E-state index is 0.161. The number of ketones is 1.